The normalized spacial score (nSPS) is 12.0. The Morgan fingerprint density at radius 2 is 1.73 bits per heavy atom. The van der Waals surface area contributed by atoms with Crippen LogP contribution >= 0.6 is 11.6 Å². The Kier molecular flexibility index (Phi) is 6.38. The predicted octanol–water partition coefficient (Wildman–Crippen LogP) is 5.65. The van der Waals surface area contributed by atoms with E-state index in [9.17, 15) is 21.6 Å². The smallest absolute Gasteiger partial charge is 0.263 e. The predicted molar refractivity (Wildman–Crippen MR) is 110 cm³/mol. The maximum Gasteiger partial charge on any atom is 0.416 e. The van der Waals surface area contributed by atoms with Crippen LogP contribution < -0.4 is 4.72 Å². The Labute approximate surface area is 177 Å². The minimum atomic E-state index is -4.41. The van der Waals surface area contributed by atoms with Crippen molar-refractivity contribution < 1.29 is 21.6 Å². The summed E-state index contributed by atoms with van der Waals surface area (Å²) in [6.07, 6.45) is -2.45. The van der Waals surface area contributed by atoms with Crippen LogP contribution in [-0.2, 0) is 29.0 Å². The molecule has 0 spiro atoms. The van der Waals surface area contributed by atoms with Crippen molar-refractivity contribution in [1.29, 1.82) is 0 Å². The van der Waals surface area contributed by atoms with Gasteiger partial charge in [0.25, 0.3) is 10.0 Å². The molecular formula is C21H18ClF3N2O2S. The van der Waals surface area contributed by atoms with Gasteiger partial charge in [-0.05, 0) is 60.7 Å². The Balaban J connectivity index is 1.71. The second-order valence-corrected chi connectivity index (χ2v) is 8.73. The van der Waals surface area contributed by atoms with Crippen LogP contribution in [0.4, 0.5) is 19.0 Å². The van der Waals surface area contributed by atoms with Crippen molar-refractivity contribution >= 4 is 27.4 Å². The molecule has 0 atom stereocenters. The van der Waals surface area contributed by atoms with Crippen LogP contribution in [0.1, 0.15) is 22.3 Å². The number of nitrogens with one attached hydrogen (secondary N) is 1. The molecule has 0 saturated heterocycles. The van der Waals surface area contributed by atoms with Crippen molar-refractivity contribution in [3.05, 3.63) is 88.1 Å². The number of nitrogens with zero attached hydrogens (tertiary/aromatic N) is 1. The van der Waals surface area contributed by atoms with Crippen molar-refractivity contribution in [1.82, 2.24) is 4.98 Å². The second kappa shape index (κ2) is 8.65. The van der Waals surface area contributed by atoms with Crippen LogP contribution in [0.15, 0.2) is 65.7 Å². The van der Waals surface area contributed by atoms with E-state index in [0.29, 0.717) is 22.6 Å². The monoisotopic (exact) mass is 454 g/mol. The summed E-state index contributed by atoms with van der Waals surface area (Å²) in [5, 5.41) is 0.334. The first kappa shape index (κ1) is 22.1. The van der Waals surface area contributed by atoms with E-state index in [1.165, 1.54) is 30.5 Å². The molecule has 0 unspecified atom stereocenters. The first-order valence-electron chi connectivity index (χ1n) is 8.96. The maximum absolute atomic E-state index is 13.1. The fraction of sp³-hybridized carbons (Fsp3) is 0.190. The van der Waals surface area contributed by atoms with Gasteiger partial charge >= 0.3 is 6.18 Å². The van der Waals surface area contributed by atoms with Crippen molar-refractivity contribution in [2.24, 2.45) is 0 Å². The molecule has 2 aromatic carbocycles. The van der Waals surface area contributed by atoms with Crippen LogP contribution in [0.3, 0.4) is 0 Å². The highest BCUT2D eigenvalue weighted by Gasteiger charge is 2.32. The average molecular weight is 455 g/mol. The van der Waals surface area contributed by atoms with Gasteiger partial charge in [-0.15, -0.1) is 0 Å². The minimum Gasteiger partial charge on any atom is -0.263 e. The largest absolute Gasteiger partial charge is 0.416 e. The Morgan fingerprint density at radius 3 is 2.40 bits per heavy atom. The van der Waals surface area contributed by atoms with Gasteiger partial charge in [0.2, 0.25) is 0 Å². The topological polar surface area (TPSA) is 59.1 Å². The molecule has 1 N–H and O–H groups in total. The number of anilines is 1. The zero-order valence-electron chi connectivity index (χ0n) is 15.9. The van der Waals surface area contributed by atoms with Gasteiger partial charge in [-0.3, -0.25) is 4.72 Å². The summed E-state index contributed by atoms with van der Waals surface area (Å²) in [5.41, 5.74) is 0.658. The lowest BCUT2D eigenvalue weighted by Crippen LogP contribution is -2.15. The number of pyridine rings is 1. The standard InChI is InChI=1S/C21H18ClF3N2O2S/c1-14-18(22)7-4-8-19(14)30(28,29)27-20-12-10-15(13-26-20)9-11-16-5-2-3-6-17(16)21(23,24)25/h2-8,10,12-13H,9,11H2,1H3,(H,26,27). The zero-order valence-corrected chi connectivity index (χ0v) is 17.4. The number of aryl methyl sites for hydroxylation is 2. The van der Waals surface area contributed by atoms with Crippen molar-refractivity contribution in [3.8, 4) is 0 Å². The van der Waals surface area contributed by atoms with E-state index in [4.69, 9.17) is 11.6 Å². The lowest BCUT2D eigenvalue weighted by atomic mass is 10.0. The summed E-state index contributed by atoms with van der Waals surface area (Å²) in [5.74, 6) is 0.105. The summed E-state index contributed by atoms with van der Waals surface area (Å²) in [4.78, 5) is 4.13. The molecule has 0 aliphatic heterocycles. The van der Waals surface area contributed by atoms with Crippen LogP contribution in [0, 0.1) is 6.92 Å². The number of aromatic nitrogens is 1. The first-order chi connectivity index (χ1) is 14.1. The van der Waals surface area contributed by atoms with Gasteiger partial charge in [-0.25, -0.2) is 13.4 Å². The molecule has 158 valence electrons. The van der Waals surface area contributed by atoms with E-state index >= 15 is 0 Å². The molecule has 0 amide bonds. The van der Waals surface area contributed by atoms with Crippen molar-refractivity contribution in [2.75, 3.05) is 4.72 Å². The summed E-state index contributed by atoms with van der Waals surface area (Å²) in [6, 6.07) is 13.1. The molecule has 1 heterocycles. The number of rotatable bonds is 6. The third-order valence-corrected chi connectivity index (χ3v) is 6.49. The Morgan fingerprint density at radius 1 is 1.00 bits per heavy atom. The molecule has 0 aliphatic rings. The first-order valence-corrected chi connectivity index (χ1v) is 10.8. The molecule has 9 heteroatoms. The van der Waals surface area contributed by atoms with Crippen LogP contribution in [0.5, 0.6) is 0 Å². The highest BCUT2D eigenvalue weighted by atomic mass is 35.5. The Bertz CT molecular complexity index is 1150. The van der Waals surface area contributed by atoms with Crippen LogP contribution in [0.25, 0.3) is 0 Å². The molecule has 1 aromatic heterocycles. The lowest BCUT2D eigenvalue weighted by molar-refractivity contribution is -0.138. The molecule has 0 bridgehead atoms. The van der Waals surface area contributed by atoms with Gasteiger partial charge in [0, 0.05) is 11.2 Å². The highest BCUT2D eigenvalue weighted by molar-refractivity contribution is 7.92. The minimum absolute atomic E-state index is 0.0460. The van der Waals surface area contributed by atoms with Gasteiger partial charge in [-0.1, -0.05) is 41.9 Å². The summed E-state index contributed by atoms with van der Waals surface area (Å²) < 4.78 is 66.8. The molecule has 0 fully saturated rings. The zero-order chi connectivity index (χ0) is 21.9. The SMILES string of the molecule is Cc1c(Cl)cccc1S(=O)(=O)Nc1ccc(CCc2ccccc2C(F)(F)F)cn1. The fourth-order valence-electron chi connectivity index (χ4n) is 3.00. The molecular weight excluding hydrogens is 437 g/mol. The molecule has 3 aromatic rings. The molecule has 30 heavy (non-hydrogen) atoms. The number of alkyl halides is 3. The number of hydrogen-bond donors (Lipinski definition) is 1. The van der Waals surface area contributed by atoms with E-state index < -0.39 is 21.8 Å². The van der Waals surface area contributed by atoms with Crippen LogP contribution in [0.2, 0.25) is 5.02 Å². The second-order valence-electron chi connectivity index (χ2n) is 6.68. The third kappa shape index (κ3) is 5.12. The molecule has 0 aliphatic carbocycles. The van der Waals surface area contributed by atoms with Crippen molar-refractivity contribution in [2.45, 2.75) is 30.8 Å². The van der Waals surface area contributed by atoms with E-state index in [1.54, 1.807) is 31.2 Å². The Hall–Kier alpha value is -2.58. The summed E-state index contributed by atoms with van der Waals surface area (Å²) in [6.45, 7) is 1.60. The van der Waals surface area contributed by atoms with Crippen molar-refractivity contribution in [3.63, 3.8) is 0 Å². The van der Waals surface area contributed by atoms with E-state index in [2.05, 4.69) is 9.71 Å². The van der Waals surface area contributed by atoms with E-state index in [-0.39, 0.29) is 22.7 Å². The van der Waals surface area contributed by atoms with Gasteiger partial charge in [0.15, 0.2) is 0 Å². The molecule has 4 nitrogen and oxygen atoms in total. The van der Waals surface area contributed by atoms with Gasteiger partial charge in [0.05, 0.1) is 10.5 Å². The van der Waals surface area contributed by atoms with Gasteiger partial charge < -0.3 is 0 Å². The van der Waals surface area contributed by atoms with Crippen LogP contribution in [-0.4, -0.2) is 13.4 Å². The van der Waals surface area contributed by atoms with E-state index in [0.717, 1.165) is 6.07 Å². The van der Waals surface area contributed by atoms with Gasteiger partial charge in [-0.2, -0.15) is 13.2 Å². The fourth-order valence-corrected chi connectivity index (χ4v) is 4.51. The lowest BCUT2D eigenvalue weighted by Gasteiger charge is -2.13. The molecule has 0 saturated carbocycles. The third-order valence-electron chi connectivity index (χ3n) is 4.58. The maximum atomic E-state index is 13.1. The molecule has 3 rings (SSSR count). The van der Waals surface area contributed by atoms with Gasteiger partial charge in [0.1, 0.15) is 5.82 Å². The summed E-state index contributed by atoms with van der Waals surface area (Å²) in [7, 11) is -3.88. The highest BCUT2D eigenvalue weighted by Crippen LogP contribution is 2.32. The number of halogens is 4. The van der Waals surface area contributed by atoms with E-state index in [1.807, 2.05) is 0 Å². The summed E-state index contributed by atoms with van der Waals surface area (Å²) >= 11 is 5.99. The average Bonchev–Trinajstić information content (AvgIpc) is 2.68. The number of sulfonamides is 1. The number of hydrogen-bond acceptors (Lipinski definition) is 3. The quantitative estimate of drug-likeness (QED) is 0.523. The molecule has 0 radical (unpaired) electrons. The number of benzene rings is 2.